The second-order valence-electron chi connectivity index (χ2n) is 1.21. The van der Waals surface area contributed by atoms with Gasteiger partial charge in [-0.2, -0.15) is 0 Å². The normalized spacial score (nSPS) is 13.4. The van der Waals surface area contributed by atoms with Gasteiger partial charge < -0.3 is 4.74 Å². The van der Waals surface area contributed by atoms with E-state index >= 15 is 0 Å². The molecule has 48 valence electrons. The van der Waals surface area contributed by atoms with Crippen molar-refractivity contribution < 1.29 is 9.53 Å². The van der Waals surface area contributed by atoms with Crippen LogP contribution in [0.2, 0.25) is 0 Å². The summed E-state index contributed by atoms with van der Waals surface area (Å²) in [6.07, 6.45) is 0.0552. The van der Waals surface area contributed by atoms with Crippen molar-refractivity contribution in [1.29, 1.82) is 0 Å². The summed E-state index contributed by atoms with van der Waals surface area (Å²) < 4.78 is 4.52. The van der Waals surface area contributed by atoms with E-state index in [4.69, 9.17) is 23.2 Å². The van der Waals surface area contributed by atoms with Crippen molar-refractivity contribution in [2.75, 3.05) is 7.11 Å². The van der Waals surface area contributed by atoms with E-state index < -0.39 is 10.8 Å². The Morgan fingerprint density at radius 3 is 2.50 bits per heavy atom. The van der Waals surface area contributed by atoms with Crippen molar-refractivity contribution in [3.8, 4) is 0 Å². The summed E-state index contributed by atoms with van der Waals surface area (Å²) in [5, 5.41) is -0.480. The summed E-state index contributed by atoms with van der Waals surface area (Å²) in [6.45, 7) is 0. The zero-order chi connectivity index (χ0) is 6.57. The SMILES string of the molecule is COC(Cl)CC(=O)Cl. The van der Waals surface area contributed by atoms with Crippen LogP contribution in [0.4, 0.5) is 0 Å². The molecule has 0 spiro atoms. The second kappa shape index (κ2) is 4.13. The minimum atomic E-state index is -0.583. The number of rotatable bonds is 3. The van der Waals surface area contributed by atoms with Gasteiger partial charge in [0.2, 0.25) is 5.24 Å². The zero-order valence-electron chi connectivity index (χ0n) is 4.36. The van der Waals surface area contributed by atoms with E-state index in [2.05, 4.69) is 4.74 Å². The van der Waals surface area contributed by atoms with Gasteiger partial charge in [-0.1, -0.05) is 11.6 Å². The van der Waals surface area contributed by atoms with E-state index in [1.54, 1.807) is 0 Å². The average molecular weight is 157 g/mol. The molecule has 1 atom stereocenters. The molecular weight excluding hydrogens is 151 g/mol. The van der Waals surface area contributed by atoms with Crippen molar-refractivity contribution in [3.63, 3.8) is 0 Å². The first-order valence-electron chi connectivity index (χ1n) is 2.02. The van der Waals surface area contributed by atoms with Crippen LogP contribution in [0.1, 0.15) is 6.42 Å². The van der Waals surface area contributed by atoms with Gasteiger partial charge in [0.25, 0.3) is 0 Å². The minimum absolute atomic E-state index is 0.0552. The van der Waals surface area contributed by atoms with Gasteiger partial charge in [0.1, 0.15) is 5.56 Å². The molecule has 0 saturated carbocycles. The molecule has 4 heteroatoms. The molecule has 8 heavy (non-hydrogen) atoms. The molecule has 0 aliphatic rings. The Morgan fingerprint density at radius 1 is 1.88 bits per heavy atom. The van der Waals surface area contributed by atoms with Crippen LogP contribution in [0.25, 0.3) is 0 Å². The van der Waals surface area contributed by atoms with E-state index in [-0.39, 0.29) is 6.42 Å². The fourth-order valence-corrected chi connectivity index (χ4v) is 0.569. The molecule has 0 amide bonds. The third-order valence-corrected chi connectivity index (χ3v) is 1.06. The van der Waals surface area contributed by atoms with E-state index in [0.29, 0.717) is 0 Å². The largest absolute Gasteiger partial charge is 0.365 e. The number of hydrogen-bond donors (Lipinski definition) is 0. The highest BCUT2D eigenvalue weighted by Crippen LogP contribution is 2.03. The standard InChI is InChI=1S/C4H6Cl2O2/c1-8-4(6)2-3(5)7/h4H,2H2,1H3. The summed E-state index contributed by atoms with van der Waals surface area (Å²) in [5.41, 5.74) is -0.583. The smallest absolute Gasteiger partial charge is 0.225 e. The number of methoxy groups -OCH3 is 1. The summed E-state index contributed by atoms with van der Waals surface area (Å²) in [6, 6.07) is 0. The van der Waals surface area contributed by atoms with Gasteiger partial charge in [-0.15, -0.1) is 0 Å². The number of carbonyl (C=O) groups is 1. The first kappa shape index (κ1) is 8.21. The van der Waals surface area contributed by atoms with Crippen LogP contribution in [0.5, 0.6) is 0 Å². The van der Waals surface area contributed by atoms with Crippen molar-refractivity contribution in [2.24, 2.45) is 0 Å². The summed E-state index contributed by atoms with van der Waals surface area (Å²) in [5.74, 6) is 0. The molecule has 0 aromatic rings. The quantitative estimate of drug-likeness (QED) is 0.456. The Bertz CT molecular complexity index is 84.1. The lowest BCUT2D eigenvalue weighted by molar-refractivity contribution is -0.112. The molecule has 0 aliphatic carbocycles. The fraction of sp³-hybridized carbons (Fsp3) is 0.750. The Morgan fingerprint density at radius 2 is 2.38 bits per heavy atom. The van der Waals surface area contributed by atoms with Crippen molar-refractivity contribution in [3.05, 3.63) is 0 Å². The summed E-state index contributed by atoms with van der Waals surface area (Å²) in [4.78, 5) is 10.0. The van der Waals surface area contributed by atoms with Crippen LogP contribution in [-0.2, 0) is 9.53 Å². The van der Waals surface area contributed by atoms with Crippen LogP contribution in [-0.4, -0.2) is 17.9 Å². The maximum atomic E-state index is 10.0. The van der Waals surface area contributed by atoms with Gasteiger partial charge in [-0.3, -0.25) is 4.79 Å². The van der Waals surface area contributed by atoms with E-state index in [0.717, 1.165) is 0 Å². The molecule has 0 radical (unpaired) electrons. The molecule has 0 saturated heterocycles. The number of hydrogen-bond acceptors (Lipinski definition) is 2. The van der Waals surface area contributed by atoms with Crippen LogP contribution in [0.3, 0.4) is 0 Å². The van der Waals surface area contributed by atoms with E-state index in [1.807, 2.05) is 0 Å². The topological polar surface area (TPSA) is 26.3 Å². The highest BCUT2D eigenvalue weighted by molar-refractivity contribution is 6.63. The predicted molar refractivity (Wildman–Crippen MR) is 32.1 cm³/mol. The summed E-state index contributed by atoms with van der Waals surface area (Å²) >= 11 is 10.3. The molecule has 0 rings (SSSR count). The molecule has 0 aromatic carbocycles. The Hall–Kier alpha value is 0.210. The van der Waals surface area contributed by atoms with Gasteiger partial charge in [0.05, 0.1) is 6.42 Å². The number of carbonyl (C=O) groups excluding carboxylic acids is 1. The number of halogens is 2. The highest BCUT2D eigenvalue weighted by atomic mass is 35.5. The van der Waals surface area contributed by atoms with Gasteiger partial charge >= 0.3 is 0 Å². The lowest BCUT2D eigenvalue weighted by Crippen LogP contribution is -2.04. The molecule has 0 aliphatic heterocycles. The highest BCUT2D eigenvalue weighted by Gasteiger charge is 2.05. The summed E-state index contributed by atoms with van der Waals surface area (Å²) in [7, 11) is 1.41. The van der Waals surface area contributed by atoms with E-state index in [9.17, 15) is 4.79 Å². The molecule has 1 unspecified atom stereocenters. The first-order chi connectivity index (χ1) is 3.66. The fourth-order valence-electron chi connectivity index (χ4n) is 0.210. The van der Waals surface area contributed by atoms with Crippen molar-refractivity contribution >= 4 is 28.4 Å². The average Bonchev–Trinajstić information content (AvgIpc) is 1.65. The molecule has 0 bridgehead atoms. The third-order valence-electron chi connectivity index (χ3n) is 0.577. The van der Waals surface area contributed by atoms with Crippen LogP contribution in [0.15, 0.2) is 0 Å². The third kappa shape index (κ3) is 4.37. The molecular formula is C4H6Cl2O2. The Balaban J connectivity index is 3.24. The van der Waals surface area contributed by atoms with Gasteiger partial charge in [0.15, 0.2) is 0 Å². The van der Waals surface area contributed by atoms with Crippen molar-refractivity contribution in [1.82, 2.24) is 0 Å². The lowest BCUT2D eigenvalue weighted by Gasteiger charge is -2.00. The number of alkyl halides is 1. The zero-order valence-corrected chi connectivity index (χ0v) is 5.87. The molecule has 2 nitrogen and oxygen atoms in total. The lowest BCUT2D eigenvalue weighted by atomic mass is 10.5. The first-order valence-corrected chi connectivity index (χ1v) is 2.83. The van der Waals surface area contributed by atoms with Crippen LogP contribution < -0.4 is 0 Å². The van der Waals surface area contributed by atoms with Gasteiger partial charge in [0, 0.05) is 7.11 Å². The predicted octanol–water partition coefficient (Wildman–Crippen LogP) is 1.35. The van der Waals surface area contributed by atoms with Crippen LogP contribution >= 0.6 is 23.2 Å². The maximum absolute atomic E-state index is 10.0. The monoisotopic (exact) mass is 156 g/mol. The second-order valence-corrected chi connectivity index (χ2v) is 2.11. The van der Waals surface area contributed by atoms with Crippen LogP contribution in [0, 0.1) is 0 Å². The Labute approximate surface area is 57.7 Å². The minimum Gasteiger partial charge on any atom is -0.365 e. The number of ether oxygens (including phenoxy) is 1. The van der Waals surface area contributed by atoms with E-state index in [1.165, 1.54) is 7.11 Å². The van der Waals surface area contributed by atoms with Crippen molar-refractivity contribution in [2.45, 2.75) is 12.0 Å². The Kier molecular flexibility index (Phi) is 4.23. The van der Waals surface area contributed by atoms with Gasteiger partial charge in [-0.05, 0) is 11.6 Å². The maximum Gasteiger partial charge on any atom is 0.225 e. The van der Waals surface area contributed by atoms with Gasteiger partial charge in [-0.25, -0.2) is 0 Å². The molecule has 0 aromatic heterocycles. The molecule has 0 heterocycles. The molecule has 0 fully saturated rings. The molecule has 0 N–H and O–H groups in total.